The van der Waals surface area contributed by atoms with Crippen LogP contribution in [0.25, 0.3) is 0 Å². The number of hydrogen-bond donors (Lipinski definition) is 3. The predicted molar refractivity (Wildman–Crippen MR) is 152 cm³/mol. The second-order valence-electron chi connectivity index (χ2n) is 8.13. The lowest BCUT2D eigenvalue weighted by atomic mass is 9.88. The van der Waals surface area contributed by atoms with Gasteiger partial charge in [0.15, 0.2) is 0 Å². The summed E-state index contributed by atoms with van der Waals surface area (Å²) in [5, 5.41) is 20.7. The Morgan fingerprint density at radius 2 is 1.50 bits per heavy atom. The molecule has 196 valence electrons. The molecule has 1 aliphatic heterocycles. The van der Waals surface area contributed by atoms with Crippen LogP contribution in [0.4, 0.5) is 5.69 Å². The fraction of sp³-hybridized carbons (Fsp3) is 0.103. The molecule has 1 atom stereocenters. The minimum atomic E-state index is -0.338. The van der Waals surface area contributed by atoms with E-state index in [-0.39, 0.29) is 30.7 Å². The molecular weight excluding hydrogens is 547 g/mol. The van der Waals surface area contributed by atoms with Gasteiger partial charge in [-0.25, -0.2) is 0 Å². The molecule has 4 aromatic rings. The number of aliphatic hydroxyl groups is 1. The Kier molecular flexibility index (Phi) is 10.6. The maximum Gasteiger partial charge on any atom is 0.259 e. The molecule has 2 amide bonds. The molecule has 0 saturated heterocycles. The average Bonchev–Trinajstić information content (AvgIpc) is 2.91. The first-order valence-corrected chi connectivity index (χ1v) is 12.6. The van der Waals surface area contributed by atoms with Gasteiger partial charge in [-0.2, -0.15) is 0 Å². The highest BCUT2D eigenvalue weighted by Crippen LogP contribution is 2.42. The summed E-state index contributed by atoms with van der Waals surface area (Å²) in [7, 11) is 0. The van der Waals surface area contributed by atoms with E-state index in [1.807, 2.05) is 30.3 Å². The van der Waals surface area contributed by atoms with Gasteiger partial charge in [0.25, 0.3) is 5.91 Å². The lowest BCUT2D eigenvalue weighted by molar-refractivity contribution is -0.106. The predicted octanol–water partition coefficient (Wildman–Crippen LogP) is 6.58. The number of carbonyl (C=O) groups is 2. The highest BCUT2D eigenvalue weighted by Gasteiger charge is 2.36. The highest BCUT2D eigenvalue weighted by molar-refractivity contribution is 6.35. The minimum absolute atomic E-state index is 0.0512. The van der Waals surface area contributed by atoms with Crippen LogP contribution < -0.4 is 10.6 Å². The van der Waals surface area contributed by atoms with Crippen molar-refractivity contribution >= 4 is 52.8 Å². The van der Waals surface area contributed by atoms with E-state index in [1.54, 1.807) is 65.6 Å². The molecule has 4 aromatic carbocycles. The van der Waals surface area contributed by atoms with E-state index in [1.165, 1.54) is 0 Å². The molecular formula is C29H25Cl3N2O4. The summed E-state index contributed by atoms with van der Waals surface area (Å²) in [5.74, 6) is -0.111. The van der Waals surface area contributed by atoms with E-state index >= 15 is 0 Å². The summed E-state index contributed by atoms with van der Waals surface area (Å²) in [4.78, 5) is 23.5. The molecule has 0 fully saturated rings. The van der Waals surface area contributed by atoms with Crippen molar-refractivity contribution in [3.63, 3.8) is 0 Å². The first kappa shape index (κ1) is 29.0. The number of hydrogen-bond acceptors (Lipinski definition) is 4. The molecule has 9 heteroatoms. The maximum atomic E-state index is 13.3. The van der Waals surface area contributed by atoms with Crippen molar-refractivity contribution in [3.05, 3.63) is 128 Å². The van der Waals surface area contributed by atoms with Gasteiger partial charge in [-0.3, -0.25) is 14.5 Å². The fourth-order valence-corrected chi connectivity index (χ4v) is 4.69. The largest absolute Gasteiger partial charge is 0.506 e. The molecule has 1 unspecified atom stereocenters. The molecule has 6 nitrogen and oxygen atoms in total. The van der Waals surface area contributed by atoms with Gasteiger partial charge in [-0.05, 0) is 65.6 Å². The summed E-state index contributed by atoms with van der Waals surface area (Å²) >= 11 is 18.1. The number of nitrogens with zero attached hydrogens (tertiary/aromatic N) is 1. The third-order valence-electron chi connectivity index (χ3n) is 5.75. The number of anilines is 1. The third kappa shape index (κ3) is 7.05. The molecule has 0 bridgehead atoms. The monoisotopic (exact) mass is 570 g/mol. The Morgan fingerprint density at radius 3 is 2.13 bits per heavy atom. The van der Waals surface area contributed by atoms with Gasteiger partial charge in [-0.1, -0.05) is 83.3 Å². The maximum absolute atomic E-state index is 13.3. The minimum Gasteiger partial charge on any atom is -0.506 e. The molecule has 1 aliphatic rings. The number of amides is 2. The highest BCUT2D eigenvalue weighted by atomic mass is 35.5. The summed E-state index contributed by atoms with van der Waals surface area (Å²) in [5.41, 5.74) is 7.90. The third-order valence-corrected chi connectivity index (χ3v) is 6.56. The summed E-state index contributed by atoms with van der Waals surface area (Å²) in [6.45, 7) is 0.0805. The number of aliphatic hydroxyl groups excluding tert-OH is 1. The summed E-state index contributed by atoms with van der Waals surface area (Å²) < 4.78 is 0. The van der Waals surface area contributed by atoms with Gasteiger partial charge < -0.3 is 15.9 Å². The van der Waals surface area contributed by atoms with Crippen molar-refractivity contribution in [1.29, 1.82) is 0 Å². The summed E-state index contributed by atoms with van der Waals surface area (Å²) in [6.07, 6.45) is 0.845. The first-order valence-electron chi connectivity index (χ1n) is 11.5. The molecule has 38 heavy (non-hydrogen) atoms. The van der Waals surface area contributed by atoms with E-state index < -0.39 is 0 Å². The van der Waals surface area contributed by atoms with Gasteiger partial charge >= 0.3 is 0 Å². The quantitative estimate of drug-likeness (QED) is 0.242. The molecule has 0 aliphatic carbocycles. The van der Waals surface area contributed by atoms with Crippen molar-refractivity contribution in [3.8, 4) is 5.75 Å². The molecule has 0 saturated carbocycles. The first-order chi connectivity index (χ1) is 18.3. The van der Waals surface area contributed by atoms with Crippen molar-refractivity contribution in [1.82, 2.24) is 0 Å². The molecule has 0 aromatic heterocycles. The Balaban J connectivity index is 0.000000278. The van der Waals surface area contributed by atoms with Crippen molar-refractivity contribution in [2.75, 3.05) is 4.90 Å². The van der Waals surface area contributed by atoms with Gasteiger partial charge in [0.2, 0.25) is 6.41 Å². The SMILES string of the molecule is NC=O.O=C1c2ccccc2CC(c2ccc(Cl)cc2Cl)N1c1ccccc1O.OCc1ccc(Cl)cc1. The van der Waals surface area contributed by atoms with Crippen LogP contribution in [0, 0.1) is 0 Å². The van der Waals surface area contributed by atoms with Crippen molar-refractivity contribution in [2.24, 2.45) is 5.73 Å². The van der Waals surface area contributed by atoms with E-state index in [9.17, 15) is 9.90 Å². The smallest absolute Gasteiger partial charge is 0.259 e. The molecule has 0 radical (unpaired) electrons. The van der Waals surface area contributed by atoms with Crippen LogP contribution in [0.1, 0.15) is 33.1 Å². The zero-order valence-electron chi connectivity index (χ0n) is 20.1. The van der Waals surface area contributed by atoms with Crippen LogP contribution in [-0.4, -0.2) is 22.5 Å². The van der Waals surface area contributed by atoms with Crippen molar-refractivity contribution < 1.29 is 19.8 Å². The van der Waals surface area contributed by atoms with Gasteiger partial charge in [0, 0.05) is 20.6 Å². The number of benzene rings is 4. The summed E-state index contributed by atoms with van der Waals surface area (Å²) in [6, 6.07) is 26.4. The number of phenolic OH excluding ortho intramolecular Hbond substituents is 1. The van der Waals surface area contributed by atoms with Gasteiger partial charge in [0.05, 0.1) is 18.3 Å². The lowest BCUT2D eigenvalue weighted by Gasteiger charge is -2.37. The molecule has 0 spiro atoms. The van der Waals surface area contributed by atoms with Crippen LogP contribution in [-0.2, 0) is 17.8 Å². The number of nitrogens with two attached hydrogens (primary N) is 1. The van der Waals surface area contributed by atoms with E-state index in [2.05, 4.69) is 5.73 Å². The number of phenols is 1. The number of para-hydroxylation sites is 2. The Morgan fingerprint density at radius 1 is 0.895 bits per heavy atom. The van der Waals surface area contributed by atoms with E-state index in [0.717, 1.165) is 16.7 Å². The normalized spacial score (nSPS) is 13.8. The fourth-order valence-electron chi connectivity index (χ4n) is 4.03. The second kappa shape index (κ2) is 13.8. The van der Waals surface area contributed by atoms with E-state index in [0.29, 0.717) is 32.7 Å². The zero-order chi connectivity index (χ0) is 27.7. The molecule has 1 heterocycles. The van der Waals surface area contributed by atoms with Crippen LogP contribution in [0.2, 0.25) is 15.1 Å². The second-order valence-corrected chi connectivity index (χ2v) is 9.41. The van der Waals surface area contributed by atoms with Crippen LogP contribution in [0.5, 0.6) is 5.75 Å². The van der Waals surface area contributed by atoms with Crippen LogP contribution >= 0.6 is 34.8 Å². The zero-order valence-corrected chi connectivity index (χ0v) is 22.4. The number of fused-ring (bicyclic) bond motifs is 1. The number of primary amides is 1. The van der Waals surface area contributed by atoms with E-state index in [4.69, 9.17) is 44.7 Å². The topological polar surface area (TPSA) is 104 Å². The number of carbonyl (C=O) groups excluding carboxylic acids is 2. The Bertz CT molecular complexity index is 1400. The van der Waals surface area contributed by atoms with Gasteiger partial charge in [0.1, 0.15) is 5.75 Å². The molecule has 4 N–H and O–H groups in total. The Labute approximate surface area is 235 Å². The van der Waals surface area contributed by atoms with Crippen molar-refractivity contribution in [2.45, 2.75) is 19.1 Å². The standard InChI is InChI=1S/C21H15Cl2NO2.C7H7ClO.CH3NO/c22-14-9-10-16(17(23)12-14)19-11-13-5-1-2-6-15(13)21(26)24(19)18-7-3-4-8-20(18)25;8-7-3-1-6(5-9)2-4-7;2-1-3/h1-10,12,19,25H,11H2;1-4,9H,5H2;1H,(H2,2,3). The lowest BCUT2D eigenvalue weighted by Crippen LogP contribution is -2.40. The van der Waals surface area contributed by atoms with Gasteiger partial charge in [-0.15, -0.1) is 0 Å². The van der Waals surface area contributed by atoms with Crippen LogP contribution in [0.3, 0.4) is 0 Å². The number of halogens is 3. The van der Waals surface area contributed by atoms with Crippen LogP contribution in [0.15, 0.2) is 91.0 Å². The Hall–Kier alpha value is -3.55. The number of aromatic hydroxyl groups is 1. The average molecular weight is 572 g/mol. The number of rotatable bonds is 3. The molecule has 5 rings (SSSR count).